The summed E-state index contributed by atoms with van der Waals surface area (Å²) in [5.74, 6) is 0. The normalized spacial score (nSPS) is 16.9. The molecule has 0 atom stereocenters. The minimum Gasteiger partial charge on any atom is -0.282 e. The zero-order valence-corrected chi connectivity index (χ0v) is 16.9. The third-order valence-electron chi connectivity index (χ3n) is 4.80. The third-order valence-corrected chi connectivity index (χ3v) is 7.42. The maximum atomic E-state index is 12.6. The molecule has 1 saturated heterocycles. The molecule has 0 unspecified atom stereocenters. The Bertz CT molecular complexity index is 1140. The van der Waals surface area contributed by atoms with Gasteiger partial charge in [0.1, 0.15) is 0 Å². The van der Waals surface area contributed by atoms with Crippen LogP contribution in [0.5, 0.6) is 0 Å². The van der Waals surface area contributed by atoms with Gasteiger partial charge in [0.15, 0.2) is 0 Å². The molecule has 0 N–H and O–H groups in total. The van der Waals surface area contributed by atoms with E-state index >= 15 is 0 Å². The Kier molecular flexibility index (Phi) is 5.45. The molecule has 0 aliphatic carbocycles. The van der Waals surface area contributed by atoms with Crippen molar-refractivity contribution >= 4 is 37.7 Å². The van der Waals surface area contributed by atoms with Crippen LogP contribution in [-0.2, 0) is 16.7 Å². The monoisotopic (exact) mass is 415 g/mol. The van der Waals surface area contributed by atoms with Crippen molar-refractivity contribution in [2.24, 2.45) is 0 Å². The fraction of sp³-hybridized carbons (Fsp3) is 0.250. The Balaban J connectivity index is 1.39. The second-order valence-corrected chi connectivity index (χ2v) is 9.57. The minimum atomic E-state index is -3.45. The highest BCUT2D eigenvalue weighted by atomic mass is 32.2. The van der Waals surface area contributed by atoms with Crippen molar-refractivity contribution in [3.63, 3.8) is 0 Å². The van der Waals surface area contributed by atoms with Gasteiger partial charge in [0.05, 0.1) is 16.8 Å². The summed E-state index contributed by atoms with van der Waals surface area (Å²) >= 11 is 1.45. The van der Waals surface area contributed by atoms with Crippen LogP contribution in [0.1, 0.15) is 5.56 Å². The maximum absolute atomic E-state index is 12.6. The van der Waals surface area contributed by atoms with Crippen LogP contribution in [0.15, 0.2) is 64.8 Å². The second-order valence-electron chi connectivity index (χ2n) is 6.69. The van der Waals surface area contributed by atoms with E-state index in [0.717, 1.165) is 15.6 Å². The van der Waals surface area contributed by atoms with E-state index in [1.807, 2.05) is 54.6 Å². The number of rotatable bonds is 5. The molecule has 2 aromatic carbocycles. The predicted octanol–water partition coefficient (Wildman–Crippen LogP) is 2.64. The molecule has 2 heterocycles. The van der Waals surface area contributed by atoms with Gasteiger partial charge in [0.2, 0.25) is 10.0 Å². The average Bonchev–Trinajstić information content (AvgIpc) is 3.03. The van der Waals surface area contributed by atoms with E-state index in [2.05, 4.69) is 4.90 Å². The quantitative estimate of drug-likeness (QED) is 0.643. The molecule has 1 aliphatic heterocycles. The summed E-state index contributed by atoms with van der Waals surface area (Å²) in [5.41, 5.74) is 0.871. The highest BCUT2D eigenvalue weighted by Gasteiger charge is 2.25. The van der Waals surface area contributed by atoms with Gasteiger partial charge in [-0.3, -0.25) is 9.69 Å². The Hall–Kier alpha value is -2.26. The van der Waals surface area contributed by atoms with Crippen LogP contribution in [0.4, 0.5) is 0 Å². The lowest BCUT2D eigenvalue weighted by molar-refractivity contribution is 0.157. The Labute approximate surface area is 168 Å². The zero-order valence-electron chi connectivity index (χ0n) is 15.3. The van der Waals surface area contributed by atoms with Crippen LogP contribution in [0.3, 0.4) is 0 Å². The number of benzene rings is 2. The van der Waals surface area contributed by atoms with Gasteiger partial charge in [-0.2, -0.15) is 4.31 Å². The molecule has 0 amide bonds. The summed E-state index contributed by atoms with van der Waals surface area (Å²) in [5, 5.41) is 2.01. The van der Waals surface area contributed by atoms with Gasteiger partial charge in [0.25, 0.3) is 5.56 Å². The number of sulfonamides is 1. The van der Waals surface area contributed by atoms with Gasteiger partial charge in [-0.15, -0.1) is 0 Å². The molecule has 6 nitrogen and oxygen atoms in total. The first-order valence-electron chi connectivity index (χ1n) is 9.07. The lowest BCUT2D eigenvalue weighted by atomic mass is 10.2. The number of hydrogen-bond donors (Lipinski definition) is 0. The van der Waals surface area contributed by atoms with Crippen LogP contribution in [0.25, 0.3) is 16.2 Å². The van der Waals surface area contributed by atoms with Crippen molar-refractivity contribution in [1.29, 1.82) is 0 Å². The molecule has 1 fully saturated rings. The lowest BCUT2D eigenvalue weighted by Gasteiger charge is -2.33. The van der Waals surface area contributed by atoms with Crippen molar-refractivity contribution < 1.29 is 8.42 Å². The van der Waals surface area contributed by atoms with Crippen LogP contribution in [0, 0.1) is 0 Å². The largest absolute Gasteiger partial charge is 0.282 e. The van der Waals surface area contributed by atoms with E-state index in [-0.39, 0.29) is 5.56 Å². The lowest BCUT2D eigenvalue weighted by Crippen LogP contribution is -2.48. The van der Waals surface area contributed by atoms with Gasteiger partial charge in [0, 0.05) is 31.6 Å². The number of hydrogen-bond acceptors (Lipinski definition) is 5. The van der Waals surface area contributed by atoms with E-state index in [9.17, 15) is 13.2 Å². The molecule has 0 spiro atoms. The van der Waals surface area contributed by atoms with E-state index < -0.39 is 10.0 Å². The van der Waals surface area contributed by atoms with Gasteiger partial charge in [-0.1, -0.05) is 54.0 Å². The molecule has 4 rings (SSSR count). The molecule has 1 aromatic heterocycles. The zero-order chi connectivity index (χ0) is 19.6. The van der Waals surface area contributed by atoms with Crippen molar-refractivity contribution in [3.8, 4) is 0 Å². The summed E-state index contributed by atoms with van der Waals surface area (Å²) in [4.78, 5) is 14.6. The molecule has 3 aromatic rings. The smallest absolute Gasteiger partial charge is 0.269 e. The van der Waals surface area contributed by atoms with E-state index in [1.165, 1.54) is 21.2 Å². The van der Waals surface area contributed by atoms with Crippen molar-refractivity contribution in [3.05, 3.63) is 75.9 Å². The molecule has 1 aliphatic rings. The number of piperazine rings is 1. The van der Waals surface area contributed by atoms with E-state index in [0.29, 0.717) is 32.8 Å². The van der Waals surface area contributed by atoms with Crippen LogP contribution < -0.4 is 5.56 Å². The minimum absolute atomic E-state index is 0.0152. The molecule has 28 heavy (non-hydrogen) atoms. The second kappa shape index (κ2) is 8.00. The summed E-state index contributed by atoms with van der Waals surface area (Å²) < 4.78 is 29.3. The van der Waals surface area contributed by atoms with Crippen LogP contribution in [0.2, 0.25) is 0 Å². The van der Waals surface area contributed by atoms with E-state index in [4.69, 9.17) is 0 Å². The van der Waals surface area contributed by atoms with Crippen LogP contribution in [-0.4, -0.2) is 47.8 Å². The average molecular weight is 416 g/mol. The van der Waals surface area contributed by atoms with Gasteiger partial charge < -0.3 is 0 Å². The maximum Gasteiger partial charge on any atom is 0.269 e. The first-order chi connectivity index (χ1) is 13.5. The highest BCUT2D eigenvalue weighted by Crippen LogP contribution is 2.17. The standard InChI is InChI=1S/C20H21N3O3S2/c24-20-18-8-4-5-9-19(18)27-23(20)16-21-11-13-22(14-12-21)28(25,26)15-10-17-6-2-1-3-7-17/h1-10,15H,11-14,16H2/b15-10+. The SMILES string of the molecule is O=c1c2ccccc2sn1CN1CCN(S(=O)(=O)/C=C/c2ccccc2)CC1. The first-order valence-corrected chi connectivity index (χ1v) is 11.4. The molecular weight excluding hydrogens is 394 g/mol. The fourth-order valence-corrected chi connectivity index (χ4v) is 5.44. The summed E-state index contributed by atoms with van der Waals surface area (Å²) in [6, 6.07) is 17.0. The molecule has 0 radical (unpaired) electrons. The topological polar surface area (TPSA) is 62.6 Å². The number of nitrogens with zero attached hydrogens (tertiary/aromatic N) is 3. The van der Waals surface area contributed by atoms with Crippen LogP contribution >= 0.6 is 11.5 Å². The van der Waals surface area contributed by atoms with Gasteiger partial charge in [-0.25, -0.2) is 12.4 Å². The van der Waals surface area contributed by atoms with Crippen molar-refractivity contribution in [2.75, 3.05) is 26.2 Å². The van der Waals surface area contributed by atoms with Gasteiger partial charge >= 0.3 is 0 Å². The predicted molar refractivity (Wildman–Crippen MR) is 114 cm³/mol. The first kappa shape index (κ1) is 19.1. The Morgan fingerprint density at radius 3 is 2.32 bits per heavy atom. The molecule has 146 valence electrons. The summed E-state index contributed by atoms with van der Waals surface area (Å²) in [6.45, 7) is 2.52. The van der Waals surface area contributed by atoms with Crippen molar-refractivity contribution in [2.45, 2.75) is 6.67 Å². The van der Waals surface area contributed by atoms with Gasteiger partial charge in [-0.05, 0) is 23.8 Å². The fourth-order valence-electron chi connectivity index (χ4n) is 3.23. The summed E-state index contributed by atoms with van der Waals surface area (Å²) in [7, 11) is -3.45. The molecule has 0 bridgehead atoms. The van der Waals surface area contributed by atoms with E-state index in [1.54, 1.807) is 10.0 Å². The van der Waals surface area contributed by atoms with Crippen molar-refractivity contribution in [1.82, 2.24) is 13.2 Å². The summed E-state index contributed by atoms with van der Waals surface area (Å²) in [6.07, 6.45) is 1.62. The highest BCUT2D eigenvalue weighted by molar-refractivity contribution is 7.92. The molecular formula is C20H21N3O3S2. The third kappa shape index (κ3) is 4.10. The molecule has 8 heteroatoms. The Morgan fingerprint density at radius 1 is 0.929 bits per heavy atom. The Morgan fingerprint density at radius 2 is 1.61 bits per heavy atom. The molecule has 0 saturated carbocycles. The number of aromatic nitrogens is 1. The number of fused-ring (bicyclic) bond motifs is 1.